The van der Waals surface area contributed by atoms with Crippen LogP contribution in [0.15, 0.2) is 24.3 Å². The average Bonchev–Trinajstić information content (AvgIpc) is 2.54. The van der Waals surface area contributed by atoms with Gasteiger partial charge in [0.1, 0.15) is 0 Å². The highest BCUT2D eigenvalue weighted by Gasteiger charge is 2.53. The van der Waals surface area contributed by atoms with Crippen LogP contribution in [-0.2, 0) is 11.8 Å². The summed E-state index contributed by atoms with van der Waals surface area (Å²) in [4.78, 5) is 2.77. The number of likely N-dealkylation sites (tertiary alicyclic amines) is 1. The normalized spacial score (nSPS) is 35.1. The maximum absolute atomic E-state index is 5.75. The maximum atomic E-state index is 5.75. The number of hydrogen-bond donors (Lipinski definition) is 1. The van der Waals surface area contributed by atoms with Gasteiger partial charge in [-0.25, -0.2) is 0 Å². The van der Waals surface area contributed by atoms with Crippen molar-refractivity contribution in [2.45, 2.75) is 56.4 Å². The fourth-order valence-electron chi connectivity index (χ4n) is 5.62. The number of fused-ring (bicyclic) bond motifs is 1. The van der Waals surface area contributed by atoms with Gasteiger partial charge in [0.05, 0.1) is 0 Å². The first-order valence-corrected chi connectivity index (χ1v) is 8.88. The van der Waals surface area contributed by atoms with Gasteiger partial charge in [-0.05, 0) is 68.8 Å². The van der Waals surface area contributed by atoms with E-state index in [1.165, 1.54) is 51.6 Å². The first kappa shape index (κ1) is 13.8. The van der Waals surface area contributed by atoms with E-state index in [9.17, 15) is 0 Å². The van der Waals surface area contributed by atoms with Crippen LogP contribution in [0.25, 0.3) is 0 Å². The van der Waals surface area contributed by atoms with Gasteiger partial charge in [0.15, 0.2) is 0 Å². The molecule has 0 aromatic heterocycles. The second kappa shape index (κ2) is 5.40. The molecule has 2 aliphatic carbocycles. The Hall–Kier alpha value is -0.860. The van der Waals surface area contributed by atoms with Crippen molar-refractivity contribution < 1.29 is 0 Å². The smallest absolute Gasteiger partial charge is 0.0172 e. The Morgan fingerprint density at radius 2 is 2.10 bits per heavy atom. The van der Waals surface area contributed by atoms with Crippen LogP contribution in [-0.4, -0.2) is 30.6 Å². The summed E-state index contributed by atoms with van der Waals surface area (Å²) in [6, 6.07) is 10.1. The molecule has 2 N–H and O–H groups in total. The van der Waals surface area contributed by atoms with Crippen LogP contribution in [0.4, 0.5) is 0 Å². The van der Waals surface area contributed by atoms with E-state index in [4.69, 9.17) is 5.73 Å². The van der Waals surface area contributed by atoms with Crippen molar-refractivity contribution in [3.8, 4) is 0 Å². The minimum absolute atomic E-state index is 0.511. The topological polar surface area (TPSA) is 29.3 Å². The zero-order chi connectivity index (χ0) is 14.3. The minimum atomic E-state index is 0.511. The Morgan fingerprint density at radius 1 is 1.19 bits per heavy atom. The molecule has 0 radical (unpaired) electrons. The maximum Gasteiger partial charge on any atom is 0.0172 e. The number of nitrogens with zero attached hydrogens (tertiary/aromatic N) is 1. The van der Waals surface area contributed by atoms with Crippen molar-refractivity contribution in [3.63, 3.8) is 0 Å². The van der Waals surface area contributed by atoms with Gasteiger partial charge in [0, 0.05) is 11.5 Å². The molecule has 1 aliphatic heterocycles. The highest BCUT2D eigenvalue weighted by atomic mass is 15.2. The van der Waals surface area contributed by atoms with Gasteiger partial charge < -0.3 is 5.73 Å². The summed E-state index contributed by atoms with van der Waals surface area (Å²) in [5, 5.41) is 0. The van der Waals surface area contributed by atoms with Crippen LogP contribution in [0.5, 0.6) is 0 Å². The number of rotatable bonds is 3. The molecule has 2 heteroatoms. The van der Waals surface area contributed by atoms with Gasteiger partial charge in [0.2, 0.25) is 0 Å². The molecule has 0 amide bonds. The second-order valence-electron chi connectivity index (χ2n) is 7.37. The highest BCUT2D eigenvalue weighted by molar-refractivity contribution is 5.41. The van der Waals surface area contributed by atoms with E-state index in [1.54, 1.807) is 11.1 Å². The summed E-state index contributed by atoms with van der Waals surface area (Å²) in [5.41, 5.74) is 9.61. The lowest BCUT2D eigenvalue weighted by molar-refractivity contribution is -0.0113. The molecule has 1 aromatic rings. The van der Waals surface area contributed by atoms with E-state index in [0.29, 0.717) is 5.41 Å². The third kappa shape index (κ3) is 2.07. The first-order chi connectivity index (χ1) is 10.3. The van der Waals surface area contributed by atoms with Gasteiger partial charge in [0.25, 0.3) is 0 Å². The number of nitrogens with two attached hydrogens (primary N) is 1. The fraction of sp³-hybridized carbons (Fsp3) is 0.684. The van der Waals surface area contributed by atoms with Crippen molar-refractivity contribution in [2.24, 2.45) is 11.7 Å². The fourth-order valence-corrected chi connectivity index (χ4v) is 5.62. The molecule has 1 saturated heterocycles. The molecule has 114 valence electrons. The highest BCUT2D eigenvalue weighted by Crippen LogP contribution is 2.55. The molecule has 1 aromatic carbocycles. The van der Waals surface area contributed by atoms with Gasteiger partial charge in [-0.3, -0.25) is 4.90 Å². The van der Waals surface area contributed by atoms with Crippen molar-refractivity contribution in [3.05, 3.63) is 35.4 Å². The van der Waals surface area contributed by atoms with Crippen LogP contribution in [0.1, 0.15) is 49.7 Å². The quantitative estimate of drug-likeness (QED) is 0.924. The van der Waals surface area contributed by atoms with Crippen molar-refractivity contribution in [1.82, 2.24) is 4.90 Å². The molecule has 3 atom stereocenters. The molecule has 2 bridgehead atoms. The van der Waals surface area contributed by atoms with Gasteiger partial charge in [-0.15, -0.1) is 0 Å². The van der Waals surface area contributed by atoms with Crippen LogP contribution in [0, 0.1) is 5.92 Å². The van der Waals surface area contributed by atoms with E-state index in [-0.39, 0.29) is 0 Å². The monoisotopic (exact) mass is 284 g/mol. The van der Waals surface area contributed by atoms with E-state index < -0.39 is 0 Å². The van der Waals surface area contributed by atoms with Gasteiger partial charge in [-0.1, -0.05) is 37.1 Å². The van der Waals surface area contributed by atoms with Gasteiger partial charge in [-0.2, -0.15) is 0 Å². The van der Waals surface area contributed by atoms with Crippen LogP contribution in [0.2, 0.25) is 0 Å². The number of piperidine rings is 1. The molecule has 2 nitrogen and oxygen atoms in total. The molecule has 3 aliphatic rings. The molecule has 0 unspecified atom stereocenters. The Morgan fingerprint density at radius 3 is 3.00 bits per heavy atom. The van der Waals surface area contributed by atoms with Crippen LogP contribution < -0.4 is 5.73 Å². The zero-order valence-corrected chi connectivity index (χ0v) is 13.1. The van der Waals surface area contributed by atoms with Crippen molar-refractivity contribution in [2.75, 3.05) is 19.6 Å². The van der Waals surface area contributed by atoms with E-state index >= 15 is 0 Å². The molecule has 1 saturated carbocycles. The van der Waals surface area contributed by atoms with E-state index in [2.05, 4.69) is 29.2 Å². The largest absolute Gasteiger partial charge is 0.330 e. The molecule has 1 heterocycles. The number of benzene rings is 1. The predicted octanol–water partition coefficient (Wildman–Crippen LogP) is 3.09. The number of hydrogen-bond acceptors (Lipinski definition) is 2. The lowest BCUT2D eigenvalue weighted by Gasteiger charge is -2.59. The predicted molar refractivity (Wildman–Crippen MR) is 87.4 cm³/mol. The summed E-state index contributed by atoms with van der Waals surface area (Å²) in [5.74, 6) is 0.896. The Balaban J connectivity index is 1.73. The first-order valence-electron chi connectivity index (χ1n) is 8.88. The van der Waals surface area contributed by atoms with Crippen LogP contribution in [0.3, 0.4) is 0 Å². The van der Waals surface area contributed by atoms with Gasteiger partial charge >= 0.3 is 0 Å². The SMILES string of the molecule is NCCCN1CC[C@]23CCCC[C@H]2[C@H]1Cc1ccccc13. The van der Waals surface area contributed by atoms with Crippen molar-refractivity contribution >= 4 is 0 Å². The lowest BCUT2D eigenvalue weighted by atomic mass is 9.52. The second-order valence-corrected chi connectivity index (χ2v) is 7.37. The van der Waals surface area contributed by atoms with Crippen LogP contribution >= 0.6 is 0 Å². The van der Waals surface area contributed by atoms with E-state index in [1.807, 2.05) is 0 Å². The lowest BCUT2D eigenvalue weighted by Crippen LogP contribution is -2.61. The van der Waals surface area contributed by atoms with Crippen molar-refractivity contribution in [1.29, 1.82) is 0 Å². The molecular weight excluding hydrogens is 256 g/mol. The average molecular weight is 284 g/mol. The zero-order valence-electron chi connectivity index (χ0n) is 13.1. The summed E-state index contributed by atoms with van der Waals surface area (Å²) >= 11 is 0. The molecular formula is C19H28N2. The summed E-state index contributed by atoms with van der Waals surface area (Å²) < 4.78 is 0. The molecule has 2 fully saturated rings. The Kier molecular flexibility index (Phi) is 3.55. The standard InChI is InChI=1S/C19H28N2/c20-11-5-12-21-13-10-19-9-4-3-8-17(19)18(21)14-15-6-1-2-7-16(15)19/h1-2,6-7,17-18H,3-5,8-14,20H2/t17-,18+,19-/m0/s1. The summed E-state index contributed by atoms with van der Waals surface area (Å²) in [7, 11) is 0. The third-order valence-corrected chi connectivity index (χ3v) is 6.51. The Bertz CT molecular complexity index is 512. The minimum Gasteiger partial charge on any atom is -0.330 e. The molecule has 21 heavy (non-hydrogen) atoms. The summed E-state index contributed by atoms with van der Waals surface area (Å²) in [6.45, 7) is 3.32. The molecule has 0 spiro atoms. The third-order valence-electron chi connectivity index (χ3n) is 6.51. The summed E-state index contributed by atoms with van der Waals surface area (Å²) in [6.07, 6.45) is 9.53. The Labute approximate surface area is 128 Å². The van der Waals surface area contributed by atoms with E-state index in [0.717, 1.165) is 24.9 Å². The molecule has 4 rings (SSSR count).